The molecule has 0 fully saturated rings. The van der Waals surface area contributed by atoms with Crippen LogP contribution < -0.4 is 5.32 Å². The van der Waals surface area contributed by atoms with Crippen molar-refractivity contribution in [1.82, 2.24) is 5.32 Å². The molecule has 0 saturated heterocycles. The molecule has 5 heteroatoms. The topological polar surface area (TPSA) is 12.0 Å². The van der Waals surface area contributed by atoms with Crippen molar-refractivity contribution >= 4 is 15.9 Å². The highest BCUT2D eigenvalue weighted by Crippen LogP contribution is 2.20. The third-order valence-electron chi connectivity index (χ3n) is 2.12. The average molecular weight is 282 g/mol. The van der Waals surface area contributed by atoms with Gasteiger partial charge in [-0.25, -0.2) is 13.2 Å². The van der Waals surface area contributed by atoms with Gasteiger partial charge in [-0.2, -0.15) is 0 Å². The minimum absolute atomic E-state index is 0.0898. The molecule has 1 nitrogen and oxygen atoms in total. The second-order valence-corrected chi connectivity index (χ2v) is 4.02. The van der Waals surface area contributed by atoms with E-state index in [1.807, 2.05) is 0 Å². The number of likely N-dealkylation sites (N-methyl/N-ethyl adjacent to an activating group) is 1. The van der Waals surface area contributed by atoms with E-state index in [1.54, 1.807) is 0 Å². The normalized spacial score (nSPS) is 13.2. The lowest BCUT2D eigenvalue weighted by molar-refractivity contribution is 0.102. The number of hydrogen-bond donors (Lipinski definition) is 1. The van der Waals surface area contributed by atoms with Crippen LogP contribution in [-0.2, 0) is 6.42 Å². The first-order valence-electron chi connectivity index (χ1n) is 4.44. The first-order valence-corrected chi connectivity index (χ1v) is 5.23. The van der Waals surface area contributed by atoms with Crippen LogP contribution in [0.25, 0.3) is 0 Å². The SMILES string of the molecule is CNC(Cc1cc(F)ccc1Br)C(F)F. The Kier molecular flexibility index (Phi) is 4.60. The first-order chi connectivity index (χ1) is 7.04. The molecule has 0 heterocycles. The number of alkyl halides is 2. The monoisotopic (exact) mass is 281 g/mol. The maximum atomic E-state index is 12.9. The van der Waals surface area contributed by atoms with E-state index in [9.17, 15) is 13.2 Å². The molecule has 0 bridgehead atoms. The van der Waals surface area contributed by atoms with E-state index in [0.717, 1.165) is 0 Å². The van der Waals surface area contributed by atoms with Crippen LogP contribution in [0.3, 0.4) is 0 Å². The predicted molar refractivity (Wildman–Crippen MR) is 56.7 cm³/mol. The Morgan fingerprint density at radius 1 is 1.40 bits per heavy atom. The van der Waals surface area contributed by atoms with E-state index in [4.69, 9.17) is 0 Å². The molecule has 0 aliphatic rings. The standard InChI is InChI=1S/C10H11BrF3N/c1-15-9(10(13)14)5-6-4-7(12)2-3-8(6)11/h2-4,9-10,15H,5H2,1H3. The predicted octanol–water partition coefficient (Wildman–Crippen LogP) is 2.98. The minimum Gasteiger partial charge on any atom is -0.312 e. The number of hydrogen-bond acceptors (Lipinski definition) is 1. The fourth-order valence-electron chi connectivity index (χ4n) is 1.25. The zero-order chi connectivity index (χ0) is 11.4. The lowest BCUT2D eigenvalue weighted by Gasteiger charge is -2.15. The van der Waals surface area contributed by atoms with E-state index in [1.165, 1.54) is 25.2 Å². The molecule has 15 heavy (non-hydrogen) atoms. The summed E-state index contributed by atoms with van der Waals surface area (Å²) in [5.41, 5.74) is 0.537. The van der Waals surface area contributed by atoms with Crippen molar-refractivity contribution in [1.29, 1.82) is 0 Å². The molecule has 0 spiro atoms. The van der Waals surface area contributed by atoms with Gasteiger partial charge in [0.2, 0.25) is 0 Å². The summed E-state index contributed by atoms with van der Waals surface area (Å²) >= 11 is 3.20. The maximum Gasteiger partial charge on any atom is 0.254 e. The molecule has 0 aliphatic heterocycles. The second-order valence-electron chi connectivity index (χ2n) is 3.17. The molecule has 1 aromatic carbocycles. The fraction of sp³-hybridized carbons (Fsp3) is 0.400. The van der Waals surface area contributed by atoms with Gasteiger partial charge in [-0.1, -0.05) is 15.9 Å². The molecule has 84 valence electrons. The Balaban J connectivity index is 2.82. The van der Waals surface area contributed by atoms with Gasteiger partial charge in [-0.15, -0.1) is 0 Å². The van der Waals surface area contributed by atoms with Crippen LogP contribution in [0.5, 0.6) is 0 Å². The van der Waals surface area contributed by atoms with Crippen molar-refractivity contribution in [2.45, 2.75) is 18.9 Å². The van der Waals surface area contributed by atoms with E-state index in [2.05, 4.69) is 21.2 Å². The van der Waals surface area contributed by atoms with E-state index in [-0.39, 0.29) is 6.42 Å². The molecule has 0 saturated carbocycles. The Hall–Kier alpha value is -0.550. The van der Waals surface area contributed by atoms with Crippen molar-refractivity contribution in [2.75, 3.05) is 7.05 Å². The van der Waals surface area contributed by atoms with E-state index >= 15 is 0 Å². The highest BCUT2D eigenvalue weighted by Gasteiger charge is 2.19. The van der Waals surface area contributed by atoms with Gasteiger partial charge >= 0.3 is 0 Å². The third kappa shape index (κ3) is 3.50. The third-order valence-corrected chi connectivity index (χ3v) is 2.90. The van der Waals surface area contributed by atoms with Crippen LogP contribution in [0, 0.1) is 5.82 Å². The Bertz CT molecular complexity index is 330. The summed E-state index contributed by atoms with van der Waals surface area (Å²) in [6.07, 6.45) is -2.38. The van der Waals surface area contributed by atoms with Gasteiger partial charge in [-0.3, -0.25) is 0 Å². The summed E-state index contributed by atoms with van der Waals surface area (Å²) in [5, 5.41) is 2.50. The Labute approximate surface area is 94.8 Å². The number of rotatable bonds is 4. The lowest BCUT2D eigenvalue weighted by Crippen LogP contribution is -2.34. The van der Waals surface area contributed by atoms with Gasteiger partial charge in [0.05, 0.1) is 6.04 Å². The molecule has 0 aliphatic carbocycles. The largest absolute Gasteiger partial charge is 0.312 e. The molecule has 1 unspecified atom stereocenters. The second kappa shape index (κ2) is 5.51. The minimum atomic E-state index is -2.47. The summed E-state index contributed by atoms with van der Waals surface area (Å²) in [5.74, 6) is -0.419. The summed E-state index contributed by atoms with van der Waals surface area (Å²) in [6, 6.07) is 3.10. The van der Waals surface area contributed by atoms with Gasteiger partial charge < -0.3 is 5.32 Å². The van der Waals surface area contributed by atoms with Crippen LogP contribution in [0.15, 0.2) is 22.7 Å². The highest BCUT2D eigenvalue weighted by molar-refractivity contribution is 9.10. The van der Waals surface area contributed by atoms with Gasteiger partial charge in [0, 0.05) is 4.47 Å². The molecule has 1 atom stereocenters. The summed E-state index contributed by atoms with van der Waals surface area (Å²) in [7, 11) is 1.46. The molecule has 0 radical (unpaired) electrons. The summed E-state index contributed by atoms with van der Waals surface area (Å²) < 4.78 is 38.4. The molecule has 0 aromatic heterocycles. The molecule has 1 N–H and O–H groups in total. The lowest BCUT2D eigenvalue weighted by atomic mass is 10.1. The van der Waals surface area contributed by atoms with Crippen molar-refractivity contribution in [3.05, 3.63) is 34.1 Å². The fourth-order valence-corrected chi connectivity index (χ4v) is 1.66. The zero-order valence-electron chi connectivity index (χ0n) is 8.11. The van der Waals surface area contributed by atoms with Gasteiger partial charge in [-0.05, 0) is 37.2 Å². The summed E-state index contributed by atoms with van der Waals surface area (Å²) in [4.78, 5) is 0. The number of nitrogens with one attached hydrogen (secondary N) is 1. The summed E-state index contributed by atoms with van der Waals surface area (Å²) in [6.45, 7) is 0. The smallest absolute Gasteiger partial charge is 0.254 e. The Morgan fingerprint density at radius 3 is 2.60 bits per heavy atom. The van der Waals surface area contributed by atoms with Gasteiger partial charge in [0.1, 0.15) is 5.82 Å². The molecule has 1 aromatic rings. The van der Waals surface area contributed by atoms with Crippen molar-refractivity contribution in [3.63, 3.8) is 0 Å². The quantitative estimate of drug-likeness (QED) is 0.895. The van der Waals surface area contributed by atoms with E-state index in [0.29, 0.717) is 10.0 Å². The van der Waals surface area contributed by atoms with E-state index < -0.39 is 18.3 Å². The van der Waals surface area contributed by atoms with Crippen LogP contribution in [-0.4, -0.2) is 19.5 Å². The molecule has 1 rings (SSSR count). The molecular weight excluding hydrogens is 271 g/mol. The number of halogens is 4. The van der Waals surface area contributed by atoms with Crippen molar-refractivity contribution < 1.29 is 13.2 Å². The maximum absolute atomic E-state index is 12.9. The molecular formula is C10H11BrF3N. The van der Waals surface area contributed by atoms with Gasteiger partial charge in [0.25, 0.3) is 6.43 Å². The van der Waals surface area contributed by atoms with Crippen molar-refractivity contribution in [2.24, 2.45) is 0 Å². The van der Waals surface area contributed by atoms with Gasteiger partial charge in [0.15, 0.2) is 0 Å². The Morgan fingerprint density at radius 2 is 2.07 bits per heavy atom. The van der Waals surface area contributed by atoms with Crippen LogP contribution in [0.4, 0.5) is 13.2 Å². The van der Waals surface area contributed by atoms with Crippen LogP contribution >= 0.6 is 15.9 Å². The average Bonchev–Trinajstić information content (AvgIpc) is 2.18. The zero-order valence-corrected chi connectivity index (χ0v) is 9.69. The van der Waals surface area contributed by atoms with Crippen molar-refractivity contribution in [3.8, 4) is 0 Å². The number of benzene rings is 1. The highest BCUT2D eigenvalue weighted by atomic mass is 79.9. The van der Waals surface area contributed by atoms with Crippen LogP contribution in [0.1, 0.15) is 5.56 Å². The first kappa shape index (κ1) is 12.5. The molecule has 0 amide bonds. The van der Waals surface area contributed by atoms with Crippen LogP contribution in [0.2, 0.25) is 0 Å².